The van der Waals surface area contributed by atoms with Crippen LogP contribution in [-0.2, 0) is 0 Å². The fourth-order valence-corrected chi connectivity index (χ4v) is 3.01. The summed E-state index contributed by atoms with van der Waals surface area (Å²) in [6.07, 6.45) is 7.54. The molecule has 0 spiro atoms. The highest BCUT2D eigenvalue weighted by atomic mass is 16.2. The Morgan fingerprint density at radius 3 is 2.50 bits per heavy atom. The summed E-state index contributed by atoms with van der Waals surface area (Å²) in [4.78, 5) is 0. The molecule has 16 heavy (non-hydrogen) atoms. The van der Waals surface area contributed by atoms with E-state index in [-0.39, 0.29) is 0 Å². The summed E-state index contributed by atoms with van der Waals surface area (Å²) in [5.41, 5.74) is 0. The maximum Gasteiger partial charge on any atom is 0.0431 e. The molecule has 1 saturated carbocycles. The van der Waals surface area contributed by atoms with E-state index in [1.54, 1.807) is 0 Å². The lowest BCUT2D eigenvalue weighted by atomic mass is 9.77. The van der Waals surface area contributed by atoms with Crippen LogP contribution >= 0.6 is 0 Å². The fraction of sp³-hybridized carbons (Fsp3) is 1.00. The van der Waals surface area contributed by atoms with Gasteiger partial charge in [0.05, 0.1) is 0 Å². The zero-order valence-electron chi connectivity index (χ0n) is 11.2. The first-order chi connectivity index (χ1) is 7.65. The molecular weight excluding hydrogens is 198 g/mol. The van der Waals surface area contributed by atoms with Gasteiger partial charge in [-0.1, -0.05) is 26.7 Å². The lowest BCUT2D eigenvalue weighted by Gasteiger charge is -2.37. The Hall–Kier alpha value is -0.0800. The summed E-state index contributed by atoms with van der Waals surface area (Å²) >= 11 is 0. The minimum absolute atomic E-state index is 0.324. The van der Waals surface area contributed by atoms with E-state index in [2.05, 4.69) is 26.1 Å². The fourth-order valence-electron chi connectivity index (χ4n) is 3.01. The van der Waals surface area contributed by atoms with E-state index < -0.39 is 0 Å². The summed E-state index contributed by atoms with van der Waals surface area (Å²) in [5.74, 6) is 1.65. The molecule has 0 aromatic carbocycles. The molecule has 3 unspecified atom stereocenters. The van der Waals surface area contributed by atoms with E-state index in [0.717, 1.165) is 24.7 Å². The Morgan fingerprint density at radius 1 is 1.19 bits per heavy atom. The smallest absolute Gasteiger partial charge is 0.0431 e. The molecule has 96 valence electrons. The van der Waals surface area contributed by atoms with E-state index in [1.807, 2.05) is 0 Å². The van der Waals surface area contributed by atoms with Crippen molar-refractivity contribution in [1.29, 1.82) is 0 Å². The summed E-state index contributed by atoms with van der Waals surface area (Å²) < 4.78 is 0. The van der Waals surface area contributed by atoms with Crippen LogP contribution in [0.25, 0.3) is 0 Å². The number of aliphatic hydroxyl groups is 1. The molecule has 0 heterocycles. The highest BCUT2D eigenvalue weighted by Crippen LogP contribution is 2.30. The lowest BCUT2D eigenvalue weighted by molar-refractivity contribution is 0.188. The highest BCUT2D eigenvalue weighted by Gasteiger charge is 2.27. The van der Waals surface area contributed by atoms with Crippen LogP contribution in [0, 0.1) is 11.8 Å². The molecule has 0 amide bonds. The quantitative estimate of drug-likeness (QED) is 0.731. The third-order valence-corrected chi connectivity index (χ3v) is 3.97. The minimum atomic E-state index is 0.324. The molecule has 2 heteroatoms. The Balaban J connectivity index is 2.36. The maximum atomic E-state index is 8.83. The van der Waals surface area contributed by atoms with Gasteiger partial charge >= 0.3 is 0 Å². The monoisotopic (exact) mass is 227 g/mol. The zero-order chi connectivity index (χ0) is 12.0. The van der Waals surface area contributed by atoms with Crippen LogP contribution in [0.1, 0.15) is 59.3 Å². The predicted octanol–water partition coefficient (Wildman–Crippen LogP) is 2.95. The molecule has 1 rings (SSSR count). The molecule has 2 N–H and O–H groups in total. The van der Waals surface area contributed by atoms with E-state index in [0.29, 0.717) is 18.7 Å². The standard InChI is InChI=1S/C14H29NO/c1-11(2)13-8-4-5-9-14(13)15-12(3)7-6-10-16/h11-16H,4-10H2,1-3H3. The Morgan fingerprint density at radius 2 is 1.88 bits per heavy atom. The third-order valence-electron chi connectivity index (χ3n) is 3.97. The first kappa shape index (κ1) is 14.0. The van der Waals surface area contributed by atoms with Gasteiger partial charge in [0, 0.05) is 18.7 Å². The highest BCUT2D eigenvalue weighted by molar-refractivity contribution is 4.84. The summed E-state index contributed by atoms with van der Waals surface area (Å²) in [7, 11) is 0. The van der Waals surface area contributed by atoms with Gasteiger partial charge in [0.1, 0.15) is 0 Å². The van der Waals surface area contributed by atoms with Gasteiger partial charge in [0.2, 0.25) is 0 Å². The van der Waals surface area contributed by atoms with Crippen LogP contribution in [0.4, 0.5) is 0 Å². The van der Waals surface area contributed by atoms with Gasteiger partial charge in [0.25, 0.3) is 0 Å². The lowest BCUT2D eigenvalue weighted by Crippen LogP contribution is -2.45. The molecule has 0 radical (unpaired) electrons. The zero-order valence-corrected chi connectivity index (χ0v) is 11.2. The van der Waals surface area contributed by atoms with Gasteiger partial charge < -0.3 is 10.4 Å². The second-order valence-corrected chi connectivity index (χ2v) is 5.73. The molecule has 0 aromatic rings. The van der Waals surface area contributed by atoms with Crippen molar-refractivity contribution in [3.8, 4) is 0 Å². The van der Waals surface area contributed by atoms with Crippen LogP contribution in [-0.4, -0.2) is 23.8 Å². The average molecular weight is 227 g/mol. The minimum Gasteiger partial charge on any atom is -0.396 e. The number of hydrogen-bond acceptors (Lipinski definition) is 2. The normalized spacial score (nSPS) is 28.3. The molecule has 1 fully saturated rings. The van der Waals surface area contributed by atoms with Crippen molar-refractivity contribution in [2.24, 2.45) is 11.8 Å². The first-order valence-electron chi connectivity index (χ1n) is 7.02. The molecule has 0 saturated heterocycles. The number of rotatable bonds is 6. The van der Waals surface area contributed by atoms with Gasteiger partial charge in [-0.25, -0.2) is 0 Å². The van der Waals surface area contributed by atoms with E-state index in [1.165, 1.54) is 25.7 Å². The van der Waals surface area contributed by atoms with Crippen LogP contribution < -0.4 is 5.32 Å². The predicted molar refractivity (Wildman–Crippen MR) is 69.5 cm³/mol. The largest absolute Gasteiger partial charge is 0.396 e. The van der Waals surface area contributed by atoms with E-state index in [9.17, 15) is 0 Å². The summed E-state index contributed by atoms with van der Waals surface area (Å²) in [6, 6.07) is 1.26. The van der Waals surface area contributed by atoms with Gasteiger partial charge in [-0.05, 0) is 44.4 Å². The van der Waals surface area contributed by atoms with Gasteiger partial charge in [-0.3, -0.25) is 0 Å². The van der Waals surface area contributed by atoms with Gasteiger partial charge in [0.15, 0.2) is 0 Å². The topological polar surface area (TPSA) is 32.3 Å². The Labute approximate surface area is 101 Å². The molecule has 1 aliphatic rings. The summed E-state index contributed by atoms with van der Waals surface area (Å²) in [6.45, 7) is 7.28. The summed E-state index contributed by atoms with van der Waals surface area (Å²) in [5, 5.41) is 12.6. The number of aliphatic hydroxyl groups excluding tert-OH is 1. The third kappa shape index (κ3) is 4.42. The second kappa shape index (κ2) is 7.29. The van der Waals surface area contributed by atoms with Crippen molar-refractivity contribution < 1.29 is 5.11 Å². The van der Waals surface area contributed by atoms with E-state index >= 15 is 0 Å². The molecule has 2 nitrogen and oxygen atoms in total. The molecule has 3 atom stereocenters. The van der Waals surface area contributed by atoms with Crippen molar-refractivity contribution >= 4 is 0 Å². The van der Waals surface area contributed by atoms with Crippen molar-refractivity contribution in [1.82, 2.24) is 5.32 Å². The molecule has 0 aliphatic heterocycles. The first-order valence-corrected chi connectivity index (χ1v) is 7.02. The second-order valence-electron chi connectivity index (χ2n) is 5.73. The van der Waals surface area contributed by atoms with Crippen LogP contribution in [0.5, 0.6) is 0 Å². The van der Waals surface area contributed by atoms with Crippen molar-refractivity contribution in [2.45, 2.75) is 71.4 Å². The molecule has 1 aliphatic carbocycles. The van der Waals surface area contributed by atoms with Crippen molar-refractivity contribution in [2.75, 3.05) is 6.61 Å². The Kier molecular flexibility index (Phi) is 6.37. The van der Waals surface area contributed by atoms with Crippen molar-refractivity contribution in [3.05, 3.63) is 0 Å². The van der Waals surface area contributed by atoms with Gasteiger partial charge in [-0.2, -0.15) is 0 Å². The number of nitrogens with one attached hydrogen (secondary N) is 1. The molecule has 0 bridgehead atoms. The van der Waals surface area contributed by atoms with Crippen LogP contribution in [0.15, 0.2) is 0 Å². The Bertz CT molecular complexity index is 182. The van der Waals surface area contributed by atoms with Crippen molar-refractivity contribution in [3.63, 3.8) is 0 Å². The van der Waals surface area contributed by atoms with Crippen LogP contribution in [0.2, 0.25) is 0 Å². The van der Waals surface area contributed by atoms with E-state index in [4.69, 9.17) is 5.11 Å². The number of hydrogen-bond donors (Lipinski definition) is 2. The molecular formula is C14H29NO. The van der Waals surface area contributed by atoms with Crippen LogP contribution in [0.3, 0.4) is 0 Å². The average Bonchev–Trinajstić information content (AvgIpc) is 2.27. The maximum absolute atomic E-state index is 8.83. The molecule has 0 aromatic heterocycles. The van der Waals surface area contributed by atoms with Gasteiger partial charge in [-0.15, -0.1) is 0 Å². The SMILES string of the molecule is CC(CCCO)NC1CCCCC1C(C)C.